The quantitative estimate of drug-likeness (QED) is 0.777. The summed E-state index contributed by atoms with van der Waals surface area (Å²) in [7, 11) is -2.99. The van der Waals surface area contributed by atoms with Crippen molar-refractivity contribution in [1.29, 1.82) is 0 Å². The molecule has 92 valence electrons. The Kier molecular flexibility index (Phi) is 4.49. The van der Waals surface area contributed by atoms with Gasteiger partial charge >= 0.3 is 0 Å². The van der Waals surface area contributed by atoms with Gasteiger partial charge in [0.2, 0.25) is 0 Å². The third-order valence-electron chi connectivity index (χ3n) is 2.50. The molecule has 0 fully saturated rings. The minimum absolute atomic E-state index is 0.151. The van der Waals surface area contributed by atoms with Crippen LogP contribution in [0.5, 0.6) is 0 Å². The van der Waals surface area contributed by atoms with Gasteiger partial charge in [0.05, 0.1) is 11.0 Å². The number of hydrogen-bond donors (Lipinski definition) is 1. The van der Waals surface area contributed by atoms with E-state index in [2.05, 4.69) is 4.98 Å². The maximum absolute atomic E-state index is 11.6. The van der Waals surface area contributed by atoms with Crippen LogP contribution in [0, 0.1) is 0 Å². The first-order valence-electron chi connectivity index (χ1n) is 5.39. The van der Waals surface area contributed by atoms with E-state index in [-0.39, 0.29) is 11.0 Å². The molecule has 0 spiro atoms. The summed E-state index contributed by atoms with van der Waals surface area (Å²) in [6, 6.07) is 0. The fourth-order valence-electron chi connectivity index (χ4n) is 1.36. The van der Waals surface area contributed by atoms with E-state index in [0.717, 1.165) is 5.82 Å². The molecule has 0 radical (unpaired) electrons. The highest BCUT2D eigenvalue weighted by Crippen LogP contribution is 2.04. The van der Waals surface area contributed by atoms with Gasteiger partial charge in [-0.3, -0.25) is 0 Å². The molecule has 0 aromatic carbocycles. The number of hydrogen-bond acceptors (Lipinski definition) is 4. The molecule has 0 bridgehead atoms. The minimum atomic E-state index is -2.99. The smallest absolute Gasteiger partial charge is 0.154 e. The molecule has 1 aromatic heterocycles. The molecule has 1 aromatic rings. The highest BCUT2D eigenvalue weighted by molar-refractivity contribution is 7.91. The van der Waals surface area contributed by atoms with Crippen LogP contribution in [0.2, 0.25) is 0 Å². The van der Waals surface area contributed by atoms with Crippen LogP contribution in [-0.4, -0.2) is 35.5 Å². The zero-order valence-corrected chi connectivity index (χ0v) is 10.6. The van der Waals surface area contributed by atoms with Crippen LogP contribution >= 0.6 is 0 Å². The van der Waals surface area contributed by atoms with Gasteiger partial charge in [-0.2, -0.15) is 0 Å². The molecular weight excluding hydrogens is 226 g/mol. The van der Waals surface area contributed by atoms with Crippen molar-refractivity contribution in [2.45, 2.75) is 32.1 Å². The Bertz CT molecular complexity index is 423. The van der Waals surface area contributed by atoms with Crippen molar-refractivity contribution < 1.29 is 8.42 Å². The highest BCUT2D eigenvalue weighted by atomic mass is 32.2. The Hall–Kier alpha value is -0.880. The maximum Gasteiger partial charge on any atom is 0.154 e. The average molecular weight is 245 g/mol. The van der Waals surface area contributed by atoms with Gasteiger partial charge in [0, 0.05) is 25.4 Å². The number of aryl methyl sites for hydroxylation is 1. The third kappa shape index (κ3) is 3.31. The number of rotatable bonds is 6. The molecule has 0 unspecified atom stereocenters. The van der Waals surface area contributed by atoms with E-state index < -0.39 is 9.84 Å². The summed E-state index contributed by atoms with van der Waals surface area (Å²) in [4.78, 5) is 4.14. The second-order valence-corrected chi connectivity index (χ2v) is 6.67. The van der Waals surface area contributed by atoms with E-state index in [1.165, 1.54) is 0 Å². The molecule has 0 amide bonds. The normalized spacial score (nSPS) is 12.2. The summed E-state index contributed by atoms with van der Waals surface area (Å²) in [6.45, 7) is 4.37. The van der Waals surface area contributed by atoms with Crippen molar-refractivity contribution in [3.05, 3.63) is 18.2 Å². The molecule has 16 heavy (non-hydrogen) atoms. The first-order valence-corrected chi connectivity index (χ1v) is 7.10. The topological polar surface area (TPSA) is 78.0 Å². The molecular formula is C10H19N3O2S. The number of nitrogens with two attached hydrogens (primary N) is 1. The zero-order chi connectivity index (χ0) is 12.2. The van der Waals surface area contributed by atoms with E-state index in [9.17, 15) is 8.42 Å². The van der Waals surface area contributed by atoms with Gasteiger partial charge in [0.25, 0.3) is 0 Å². The molecule has 2 N–H and O–H groups in total. The summed E-state index contributed by atoms with van der Waals surface area (Å²) in [5.41, 5.74) is 5.45. The van der Waals surface area contributed by atoms with Gasteiger partial charge in [0.1, 0.15) is 5.82 Å². The lowest BCUT2D eigenvalue weighted by Crippen LogP contribution is -2.22. The van der Waals surface area contributed by atoms with Crippen molar-refractivity contribution in [1.82, 2.24) is 9.55 Å². The van der Waals surface area contributed by atoms with Crippen LogP contribution in [0.4, 0.5) is 0 Å². The van der Waals surface area contributed by atoms with E-state index in [1.54, 1.807) is 26.2 Å². The Morgan fingerprint density at radius 1 is 1.50 bits per heavy atom. The van der Waals surface area contributed by atoms with Crippen LogP contribution < -0.4 is 5.73 Å². The summed E-state index contributed by atoms with van der Waals surface area (Å²) in [6.07, 6.45) is 4.14. The van der Waals surface area contributed by atoms with Crippen LogP contribution in [-0.2, 0) is 22.8 Å². The van der Waals surface area contributed by atoms with Crippen molar-refractivity contribution in [3.8, 4) is 0 Å². The van der Waals surface area contributed by atoms with Gasteiger partial charge in [-0.15, -0.1) is 0 Å². The molecule has 1 heterocycles. The van der Waals surface area contributed by atoms with Crippen LogP contribution in [0.3, 0.4) is 0 Å². The molecule has 0 aliphatic heterocycles. The van der Waals surface area contributed by atoms with Gasteiger partial charge in [-0.1, -0.05) is 0 Å². The van der Waals surface area contributed by atoms with Crippen LogP contribution in [0.25, 0.3) is 0 Å². The number of sulfone groups is 1. The maximum atomic E-state index is 11.6. The lowest BCUT2D eigenvalue weighted by atomic mass is 10.4. The molecule has 1 rings (SSSR count). The van der Waals surface area contributed by atoms with E-state index in [1.807, 2.05) is 4.57 Å². The average Bonchev–Trinajstić information content (AvgIpc) is 2.63. The van der Waals surface area contributed by atoms with Crippen LogP contribution in [0.15, 0.2) is 12.4 Å². The molecule has 0 aliphatic rings. The Balaban J connectivity index is 2.64. The third-order valence-corrected chi connectivity index (χ3v) is 4.69. The van der Waals surface area contributed by atoms with Crippen LogP contribution in [0.1, 0.15) is 19.7 Å². The highest BCUT2D eigenvalue weighted by Gasteiger charge is 2.16. The molecule has 6 heteroatoms. The molecule has 0 saturated carbocycles. The lowest BCUT2D eigenvalue weighted by Gasteiger charge is -2.10. The predicted octanol–water partition coefficient (Wildman–Crippen LogP) is 0.208. The number of imidazole rings is 1. The van der Waals surface area contributed by atoms with Gasteiger partial charge < -0.3 is 10.3 Å². The predicted molar refractivity (Wildman–Crippen MR) is 63.9 cm³/mol. The minimum Gasteiger partial charge on any atom is -0.334 e. The number of nitrogens with zero attached hydrogens (tertiary/aromatic N) is 2. The molecule has 0 aliphatic carbocycles. The van der Waals surface area contributed by atoms with E-state index in [4.69, 9.17) is 5.73 Å². The monoisotopic (exact) mass is 245 g/mol. The summed E-state index contributed by atoms with van der Waals surface area (Å²) in [5, 5.41) is -0.325. The standard InChI is InChI=1S/C10H19N3O2S/c1-9(2)16(14,15)8-7-13-6-5-12-10(13)3-4-11/h5-6,9H,3-4,7-8,11H2,1-2H3. The summed E-state index contributed by atoms with van der Waals surface area (Å²) < 4.78 is 25.1. The number of aromatic nitrogens is 2. The molecule has 0 saturated heterocycles. The first-order chi connectivity index (χ1) is 7.47. The molecule has 5 nitrogen and oxygen atoms in total. The van der Waals surface area contributed by atoms with Gasteiger partial charge in [-0.25, -0.2) is 13.4 Å². The Morgan fingerprint density at radius 2 is 2.19 bits per heavy atom. The zero-order valence-electron chi connectivity index (χ0n) is 9.76. The van der Waals surface area contributed by atoms with Gasteiger partial charge in [-0.05, 0) is 20.4 Å². The van der Waals surface area contributed by atoms with Crippen molar-refractivity contribution in [3.63, 3.8) is 0 Å². The van der Waals surface area contributed by atoms with Crippen molar-refractivity contribution in [2.24, 2.45) is 5.73 Å². The first kappa shape index (κ1) is 13.2. The Morgan fingerprint density at radius 3 is 2.75 bits per heavy atom. The van der Waals surface area contributed by atoms with Crippen molar-refractivity contribution >= 4 is 9.84 Å². The largest absolute Gasteiger partial charge is 0.334 e. The van der Waals surface area contributed by atoms with Gasteiger partial charge in [0.15, 0.2) is 9.84 Å². The summed E-state index contributed by atoms with van der Waals surface area (Å²) in [5.74, 6) is 1.000. The Labute approximate surface area is 96.6 Å². The van der Waals surface area contributed by atoms with E-state index >= 15 is 0 Å². The molecule has 0 atom stereocenters. The SMILES string of the molecule is CC(C)S(=O)(=O)CCn1ccnc1CCN. The lowest BCUT2D eigenvalue weighted by molar-refractivity contribution is 0.577. The fourth-order valence-corrected chi connectivity index (χ4v) is 2.28. The second kappa shape index (κ2) is 5.45. The van der Waals surface area contributed by atoms with Crippen molar-refractivity contribution in [2.75, 3.05) is 12.3 Å². The van der Waals surface area contributed by atoms with E-state index in [0.29, 0.717) is 19.5 Å². The second-order valence-electron chi connectivity index (χ2n) is 3.99. The fraction of sp³-hybridized carbons (Fsp3) is 0.700. The summed E-state index contributed by atoms with van der Waals surface area (Å²) >= 11 is 0.